The second-order valence-electron chi connectivity index (χ2n) is 6.72. The Morgan fingerprint density at radius 3 is 3.00 bits per heavy atom. The predicted octanol–water partition coefficient (Wildman–Crippen LogP) is 3.64. The number of hydrogen-bond donors (Lipinski definition) is 1. The molecule has 0 saturated carbocycles. The molecule has 0 radical (unpaired) electrons. The number of carbonyl (C=O) groups is 1. The third kappa shape index (κ3) is 6.22. The van der Waals surface area contributed by atoms with Gasteiger partial charge in [-0.05, 0) is 62.0 Å². The van der Waals surface area contributed by atoms with Crippen LogP contribution in [-0.2, 0) is 11.3 Å². The molecule has 1 aliphatic heterocycles. The smallest absolute Gasteiger partial charge is 0.407 e. The Morgan fingerprint density at radius 1 is 1.59 bits per heavy atom. The summed E-state index contributed by atoms with van der Waals surface area (Å²) in [6.45, 7) is 9.27. The Balaban J connectivity index is 1.75. The quantitative estimate of drug-likeness (QED) is 0.853. The third-order valence-electron chi connectivity index (χ3n) is 3.45. The molecule has 1 unspecified atom stereocenters. The van der Waals surface area contributed by atoms with E-state index in [0.717, 1.165) is 42.1 Å². The SMILES string of the molecule is CC(C)(C)OC(=O)NCC1CCCN(Cc2csc(Br)n2)C1. The fraction of sp³-hybridized carbons (Fsp3) is 0.733. The van der Waals surface area contributed by atoms with Crippen molar-refractivity contribution in [3.63, 3.8) is 0 Å². The number of carbonyl (C=O) groups excluding carboxylic acids is 1. The van der Waals surface area contributed by atoms with E-state index < -0.39 is 5.60 Å². The van der Waals surface area contributed by atoms with E-state index in [1.165, 1.54) is 0 Å². The Hall–Kier alpha value is -0.660. The zero-order chi connectivity index (χ0) is 16.2. The first-order valence-corrected chi connectivity index (χ1v) is 9.28. The summed E-state index contributed by atoms with van der Waals surface area (Å²) < 4.78 is 6.21. The van der Waals surface area contributed by atoms with Crippen LogP contribution in [0.25, 0.3) is 0 Å². The van der Waals surface area contributed by atoms with Gasteiger partial charge in [-0.15, -0.1) is 11.3 Å². The highest BCUT2D eigenvalue weighted by atomic mass is 79.9. The molecule has 0 aromatic carbocycles. The molecule has 0 aliphatic carbocycles. The van der Waals surface area contributed by atoms with Crippen LogP contribution in [0.2, 0.25) is 0 Å². The molecule has 1 atom stereocenters. The van der Waals surface area contributed by atoms with E-state index in [-0.39, 0.29) is 6.09 Å². The molecule has 1 aliphatic rings. The third-order valence-corrected chi connectivity index (χ3v) is 4.86. The summed E-state index contributed by atoms with van der Waals surface area (Å²) in [5, 5.41) is 4.98. The first-order valence-electron chi connectivity index (χ1n) is 7.61. The lowest BCUT2D eigenvalue weighted by atomic mass is 9.98. The van der Waals surface area contributed by atoms with Gasteiger partial charge in [0.05, 0.1) is 5.69 Å². The number of aromatic nitrogens is 1. The molecule has 22 heavy (non-hydrogen) atoms. The number of alkyl carbamates (subject to hydrolysis) is 1. The Kier molecular flexibility index (Phi) is 6.23. The average Bonchev–Trinajstić information content (AvgIpc) is 2.80. The number of nitrogens with zero attached hydrogens (tertiary/aromatic N) is 2. The van der Waals surface area contributed by atoms with Crippen molar-refractivity contribution in [1.82, 2.24) is 15.2 Å². The lowest BCUT2D eigenvalue weighted by Gasteiger charge is -2.32. The molecule has 0 bridgehead atoms. The van der Waals surface area contributed by atoms with Crippen LogP contribution in [0.3, 0.4) is 0 Å². The Bertz CT molecular complexity index is 501. The van der Waals surface area contributed by atoms with Gasteiger partial charge in [-0.25, -0.2) is 9.78 Å². The number of likely N-dealkylation sites (tertiary alicyclic amines) is 1. The number of amides is 1. The highest BCUT2D eigenvalue weighted by molar-refractivity contribution is 9.11. The normalized spacial score (nSPS) is 19.9. The molecular weight excluding hydrogens is 366 g/mol. The Morgan fingerprint density at radius 2 is 2.36 bits per heavy atom. The molecule has 1 amide bonds. The van der Waals surface area contributed by atoms with Crippen LogP contribution in [-0.4, -0.2) is 41.2 Å². The van der Waals surface area contributed by atoms with Gasteiger partial charge in [0.25, 0.3) is 0 Å². The highest BCUT2D eigenvalue weighted by Crippen LogP contribution is 2.21. The van der Waals surface area contributed by atoms with Crippen molar-refractivity contribution >= 4 is 33.4 Å². The molecule has 124 valence electrons. The lowest BCUT2D eigenvalue weighted by Crippen LogP contribution is -2.41. The molecule has 7 heteroatoms. The summed E-state index contributed by atoms with van der Waals surface area (Å²) in [6, 6.07) is 0. The summed E-state index contributed by atoms with van der Waals surface area (Å²) in [5.41, 5.74) is 0.665. The van der Waals surface area contributed by atoms with E-state index in [0.29, 0.717) is 12.5 Å². The molecule has 1 aromatic heterocycles. The zero-order valence-electron chi connectivity index (χ0n) is 13.4. The molecule has 1 aromatic rings. The molecule has 1 N–H and O–H groups in total. The van der Waals surface area contributed by atoms with E-state index in [2.05, 4.69) is 36.5 Å². The first-order chi connectivity index (χ1) is 10.3. The van der Waals surface area contributed by atoms with Crippen LogP contribution in [0.4, 0.5) is 4.79 Å². The van der Waals surface area contributed by atoms with Crippen LogP contribution in [0.5, 0.6) is 0 Å². The second-order valence-corrected chi connectivity index (χ2v) is 8.85. The van der Waals surface area contributed by atoms with Crippen LogP contribution < -0.4 is 5.32 Å². The second kappa shape index (κ2) is 7.75. The molecule has 1 saturated heterocycles. The van der Waals surface area contributed by atoms with Crippen molar-refractivity contribution in [2.75, 3.05) is 19.6 Å². The minimum Gasteiger partial charge on any atom is -0.444 e. The maximum Gasteiger partial charge on any atom is 0.407 e. The number of hydrogen-bond acceptors (Lipinski definition) is 5. The van der Waals surface area contributed by atoms with Crippen molar-refractivity contribution in [3.8, 4) is 0 Å². The van der Waals surface area contributed by atoms with Crippen molar-refractivity contribution < 1.29 is 9.53 Å². The van der Waals surface area contributed by atoms with Crippen molar-refractivity contribution in [1.29, 1.82) is 0 Å². The van der Waals surface area contributed by atoms with Crippen molar-refractivity contribution in [2.45, 2.75) is 45.8 Å². The maximum atomic E-state index is 11.7. The number of halogens is 1. The summed E-state index contributed by atoms with van der Waals surface area (Å²) in [6.07, 6.45) is 1.98. The Labute approximate surface area is 144 Å². The van der Waals surface area contributed by atoms with E-state index in [1.807, 2.05) is 20.8 Å². The van der Waals surface area contributed by atoms with E-state index in [9.17, 15) is 4.79 Å². The van der Waals surface area contributed by atoms with Crippen LogP contribution >= 0.6 is 27.3 Å². The summed E-state index contributed by atoms with van der Waals surface area (Å²) >= 11 is 5.02. The van der Waals surface area contributed by atoms with Gasteiger partial charge in [0, 0.05) is 25.0 Å². The van der Waals surface area contributed by atoms with Crippen LogP contribution in [0, 0.1) is 5.92 Å². The van der Waals surface area contributed by atoms with E-state index in [4.69, 9.17) is 4.74 Å². The van der Waals surface area contributed by atoms with Gasteiger partial charge >= 0.3 is 6.09 Å². The number of thiazole rings is 1. The summed E-state index contributed by atoms with van der Waals surface area (Å²) in [5.74, 6) is 0.475. The number of piperidine rings is 1. The van der Waals surface area contributed by atoms with Gasteiger partial charge in [-0.1, -0.05) is 0 Å². The van der Waals surface area contributed by atoms with E-state index in [1.54, 1.807) is 11.3 Å². The van der Waals surface area contributed by atoms with Crippen molar-refractivity contribution in [2.24, 2.45) is 5.92 Å². The predicted molar refractivity (Wildman–Crippen MR) is 92.1 cm³/mol. The fourth-order valence-electron chi connectivity index (χ4n) is 2.59. The zero-order valence-corrected chi connectivity index (χ0v) is 15.8. The number of rotatable bonds is 4. The number of ether oxygens (including phenoxy) is 1. The monoisotopic (exact) mass is 389 g/mol. The van der Waals surface area contributed by atoms with Crippen LogP contribution in [0.1, 0.15) is 39.3 Å². The van der Waals surface area contributed by atoms with Gasteiger partial charge < -0.3 is 10.1 Å². The lowest BCUT2D eigenvalue weighted by molar-refractivity contribution is 0.0506. The summed E-state index contributed by atoms with van der Waals surface area (Å²) in [4.78, 5) is 18.6. The molecule has 0 spiro atoms. The van der Waals surface area contributed by atoms with Gasteiger partial charge in [0.15, 0.2) is 3.92 Å². The largest absolute Gasteiger partial charge is 0.444 e. The molecular formula is C15H24BrN3O2S. The average molecular weight is 390 g/mol. The van der Waals surface area contributed by atoms with Crippen LogP contribution in [0.15, 0.2) is 9.30 Å². The fourth-order valence-corrected chi connectivity index (χ4v) is 3.63. The first kappa shape index (κ1) is 17.7. The van der Waals surface area contributed by atoms with Gasteiger partial charge in [0.2, 0.25) is 0 Å². The van der Waals surface area contributed by atoms with Gasteiger partial charge in [-0.3, -0.25) is 4.90 Å². The van der Waals surface area contributed by atoms with Crippen molar-refractivity contribution in [3.05, 3.63) is 15.0 Å². The molecule has 1 fully saturated rings. The minimum atomic E-state index is -0.444. The summed E-state index contributed by atoms with van der Waals surface area (Å²) in [7, 11) is 0. The molecule has 2 rings (SSSR count). The van der Waals surface area contributed by atoms with E-state index >= 15 is 0 Å². The standard InChI is InChI=1S/C15H24BrN3O2S/c1-15(2,3)21-14(20)17-7-11-5-4-6-19(8-11)9-12-10-22-13(16)18-12/h10-11H,4-9H2,1-3H3,(H,17,20). The van der Waals surface area contributed by atoms with Gasteiger partial charge in [0.1, 0.15) is 5.60 Å². The minimum absolute atomic E-state index is 0.326. The maximum absolute atomic E-state index is 11.7. The highest BCUT2D eigenvalue weighted by Gasteiger charge is 2.22. The topological polar surface area (TPSA) is 54.5 Å². The molecule has 5 nitrogen and oxygen atoms in total. The van der Waals surface area contributed by atoms with Gasteiger partial charge in [-0.2, -0.15) is 0 Å². The molecule has 2 heterocycles. The number of nitrogens with one attached hydrogen (secondary N) is 1.